The van der Waals surface area contributed by atoms with Crippen molar-refractivity contribution in [3.63, 3.8) is 0 Å². The summed E-state index contributed by atoms with van der Waals surface area (Å²) in [5.74, 6) is -0.0319. The van der Waals surface area contributed by atoms with E-state index in [4.69, 9.17) is 21.1 Å². The molecule has 0 saturated carbocycles. The molecule has 0 bridgehead atoms. The second-order valence-corrected chi connectivity index (χ2v) is 6.41. The molecule has 136 valence electrons. The molecule has 1 heterocycles. The molecular formula is C19H19ClN2O4. The van der Waals surface area contributed by atoms with Crippen molar-refractivity contribution in [3.8, 4) is 0 Å². The lowest BCUT2D eigenvalue weighted by Crippen LogP contribution is -2.41. The first-order valence-corrected chi connectivity index (χ1v) is 8.60. The van der Waals surface area contributed by atoms with E-state index in [0.29, 0.717) is 30.5 Å². The van der Waals surface area contributed by atoms with Gasteiger partial charge < -0.3 is 14.8 Å². The van der Waals surface area contributed by atoms with Crippen molar-refractivity contribution in [1.29, 1.82) is 0 Å². The van der Waals surface area contributed by atoms with Gasteiger partial charge in [-0.2, -0.15) is 0 Å². The van der Waals surface area contributed by atoms with Gasteiger partial charge in [0.1, 0.15) is 6.61 Å². The summed E-state index contributed by atoms with van der Waals surface area (Å²) >= 11 is 5.81. The van der Waals surface area contributed by atoms with Crippen LogP contribution in [0.25, 0.3) is 0 Å². The number of hydrogen-bond acceptors (Lipinski definition) is 4. The topological polar surface area (TPSA) is 76.7 Å². The van der Waals surface area contributed by atoms with E-state index in [-0.39, 0.29) is 18.4 Å². The summed E-state index contributed by atoms with van der Waals surface area (Å²) in [4.78, 5) is 23.6. The summed E-state index contributed by atoms with van der Waals surface area (Å²) in [6, 6.07) is 14.3. The van der Waals surface area contributed by atoms with Gasteiger partial charge >= 0.3 is 6.09 Å². The molecular weight excluding hydrogens is 356 g/mol. The lowest BCUT2D eigenvalue weighted by Gasteiger charge is -2.24. The Kier molecular flexibility index (Phi) is 6.09. The number of anilines is 1. The smallest absolute Gasteiger partial charge is 0.411 e. The van der Waals surface area contributed by atoms with Crippen LogP contribution in [0.4, 0.5) is 10.5 Å². The third kappa shape index (κ3) is 5.21. The van der Waals surface area contributed by atoms with Gasteiger partial charge in [-0.3, -0.25) is 10.1 Å². The largest absolute Gasteiger partial charge is 0.444 e. The van der Waals surface area contributed by atoms with Gasteiger partial charge in [-0.15, -0.1) is 0 Å². The van der Waals surface area contributed by atoms with Crippen molar-refractivity contribution >= 4 is 29.3 Å². The Hall–Kier alpha value is -2.57. The van der Waals surface area contributed by atoms with Crippen LogP contribution < -0.4 is 10.6 Å². The van der Waals surface area contributed by atoms with Crippen molar-refractivity contribution < 1.29 is 19.1 Å². The highest BCUT2D eigenvalue weighted by Crippen LogP contribution is 2.13. The van der Waals surface area contributed by atoms with Gasteiger partial charge in [0.05, 0.1) is 19.1 Å². The number of carbonyl (C=O) groups is 2. The average molecular weight is 375 g/mol. The van der Waals surface area contributed by atoms with E-state index in [1.54, 1.807) is 36.4 Å². The number of rotatable bonds is 6. The van der Waals surface area contributed by atoms with Crippen molar-refractivity contribution in [2.24, 2.45) is 5.92 Å². The lowest BCUT2D eigenvalue weighted by molar-refractivity contribution is -0.139. The Balaban J connectivity index is 1.42. The fraction of sp³-hybridized carbons (Fsp3) is 0.263. The molecule has 0 spiro atoms. The number of benzene rings is 2. The van der Waals surface area contributed by atoms with Crippen LogP contribution in [-0.4, -0.2) is 25.2 Å². The summed E-state index contributed by atoms with van der Waals surface area (Å²) < 4.78 is 10.2. The molecule has 26 heavy (non-hydrogen) atoms. The zero-order valence-electron chi connectivity index (χ0n) is 14.0. The highest BCUT2D eigenvalue weighted by molar-refractivity contribution is 6.30. The van der Waals surface area contributed by atoms with Crippen LogP contribution in [0.3, 0.4) is 0 Å². The zero-order valence-corrected chi connectivity index (χ0v) is 14.8. The average Bonchev–Trinajstić information content (AvgIpc) is 2.59. The van der Waals surface area contributed by atoms with Crippen LogP contribution in [0, 0.1) is 5.92 Å². The van der Waals surface area contributed by atoms with Crippen LogP contribution in [-0.2, 0) is 27.4 Å². The minimum Gasteiger partial charge on any atom is -0.444 e. The van der Waals surface area contributed by atoms with Crippen molar-refractivity contribution in [1.82, 2.24) is 5.32 Å². The van der Waals surface area contributed by atoms with Crippen molar-refractivity contribution in [2.75, 3.05) is 18.5 Å². The van der Waals surface area contributed by atoms with E-state index in [9.17, 15) is 9.59 Å². The molecule has 2 amide bonds. The van der Waals surface area contributed by atoms with Gasteiger partial charge in [0, 0.05) is 17.3 Å². The Labute approximate surface area is 156 Å². The number of carbonyl (C=O) groups excluding carboxylic acids is 2. The maximum Gasteiger partial charge on any atom is 0.411 e. The fourth-order valence-corrected chi connectivity index (χ4v) is 2.44. The van der Waals surface area contributed by atoms with Crippen LogP contribution >= 0.6 is 11.6 Å². The fourth-order valence-electron chi connectivity index (χ4n) is 2.31. The van der Waals surface area contributed by atoms with E-state index < -0.39 is 6.09 Å². The summed E-state index contributed by atoms with van der Waals surface area (Å²) in [6.07, 6.45) is -0.536. The highest BCUT2D eigenvalue weighted by atomic mass is 35.5. The van der Waals surface area contributed by atoms with Crippen LogP contribution in [0.15, 0.2) is 48.5 Å². The summed E-state index contributed by atoms with van der Waals surface area (Å²) in [5, 5.41) is 6.16. The first-order valence-electron chi connectivity index (χ1n) is 8.23. The van der Waals surface area contributed by atoms with Crippen molar-refractivity contribution in [3.05, 3.63) is 64.7 Å². The quantitative estimate of drug-likeness (QED) is 0.812. The Bertz CT molecular complexity index is 758. The van der Waals surface area contributed by atoms with Crippen LogP contribution in [0.2, 0.25) is 5.02 Å². The van der Waals surface area contributed by atoms with E-state index in [2.05, 4.69) is 10.6 Å². The molecule has 3 rings (SSSR count). The minimum atomic E-state index is -0.536. The van der Waals surface area contributed by atoms with E-state index in [1.165, 1.54) is 0 Å². The lowest BCUT2D eigenvalue weighted by atomic mass is 10.1. The summed E-state index contributed by atoms with van der Waals surface area (Å²) in [5.41, 5.74) is 2.42. The number of hydrogen-bond donors (Lipinski definition) is 2. The predicted molar refractivity (Wildman–Crippen MR) is 97.9 cm³/mol. The predicted octanol–water partition coefficient (Wildman–Crippen LogP) is 3.35. The molecule has 1 aliphatic heterocycles. The number of amides is 2. The van der Waals surface area contributed by atoms with Crippen LogP contribution in [0.1, 0.15) is 11.1 Å². The first-order chi connectivity index (χ1) is 12.6. The molecule has 7 heteroatoms. The van der Waals surface area contributed by atoms with Crippen LogP contribution in [0.5, 0.6) is 0 Å². The molecule has 0 unspecified atom stereocenters. The molecule has 2 aromatic carbocycles. The van der Waals surface area contributed by atoms with E-state index in [0.717, 1.165) is 11.1 Å². The first kappa shape index (κ1) is 18.2. The molecule has 2 aromatic rings. The number of nitrogens with one attached hydrogen (secondary N) is 2. The third-order valence-corrected chi connectivity index (χ3v) is 4.21. The van der Waals surface area contributed by atoms with Gasteiger partial charge in [-0.05, 0) is 35.4 Å². The molecule has 0 aromatic heterocycles. The molecule has 0 aliphatic carbocycles. The maximum absolute atomic E-state index is 11.8. The monoisotopic (exact) mass is 374 g/mol. The second-order valence-electron chi connectivity index (χ2n) is 5.98. The zero-order chi connectivity index (χ0) is 18.4. The highest BCUT2D eigenvalue weighted by Gasteiger charge is 2.25. The molecule has 1 saturated heterocycles. The Morgan fingerprint density at radius 3 is 2.31 bits per heavy atom. The maximum atomic E-state index is 11.8. The Morgan fingerprint density at radius 2 is 1.69 bits per heavy atom. The van der Waals surface area contributed by atoms with Gasteiger partial charge in [0.2, 0.25) is 5.91 Å². The molecule has 1 fully saturated rings. The van der Waals surface area contributed by atoms with Gasteiger partial charge in [0.25, 0.3) is 0 Å². The summed E-state index contributed by atoms with van der Waals surface area (Å²) in [6.45, 7) is 1.59. The molecule has 0 atom stereocenters. The van der Waals surface area contributed by atoms with E-state index in [1.807, 2.05) is 12.1 Å². The normalized spacial score (nSPS) is 13.6. The molecule has 1 aliphatic rings. The second kappa shape index (κ2) is 8.69. The summed E-state index contributed by atoms with van der Waals surface area (Å²) in [7, 11) is 0. The number of ether oxygens (including phenoxy) is 2. The van der Waals surface area contributed by atoms with Gasteiger partial charge in [-0.1, -0.05) is 35.9 Å². The van der Waals surface area contributed by atoms with Gasteiger partial charge in [0.15, 0.2) is 0 Å². The number of halogens is 1. The van der Waals surface area contributed by atoms with E-state index >= 15 is 0 Å². The third-order valence-electron chi connectivity index (χ3n) is 3.96. The van der Waals surface area contributed by atoms with Gasteiger partial charge in [-0.25, -0.2) is 4.79 Å². The Morgan fingerprint density at radius 1 is 1.04 bits per heavy atom. The SMILES string of the molecule is O=C(Nc1ccc(CNC(=O)C2COC2)cc1)OCc1ccc(Cl)cc1. The molecule has 2 N–H and O–H groups in total. The molecule has 6 nitrogen and oxygen atoms in total. The van der Waals surface area contributed by atoms with Crippen molar-refractivity contribution in [2.45, 2.75) is 13.2 Å². The molecule has 0 radical (unpaired) electrons. The standard InChI is InChI=1S/C19H19ClN2O4/c20-16-5-1-14(2-6-16)10-26-19(24)22-17-7-3-13(4-8-17)9-21-18(23)15-11-25-12-15/h1-8,15H,9-12H2,(H,21,23)(H,22,24). The minimum absolute atomic E-state index is 0.00392.